The van der Waals surface area contributed by atoms with Gasteiger partial charge in [0.2, 0.25) is 0 Å². The number of Topliss-reactive ketones (excluding diaryl/α,β-unsaturated/α-hetero) is 1. The number of piperidine rings is 2. The lowest BCUT2D eigenvalue weighted by molar-refractivity contribution is -0.206. The number of hydrogen-bond acceptors (Lipinski definition) is 10. The Bertz CT molecular complexity index is 1150. The zero-order valence-corrected chi connectivity index (χ0v) is 26.3. The van der Waals surface area contributed by atoms with E-state index in [2.05, 4.69) is 35.5 Å². The maximum atomic E-state index is 15.2. The van der Waals surface area contributed by atoms with E-state index in [9.17, 15) is 9.59 Å². The van der Waals surface area contributed by atoms with Crippen molar-refractivity contribution < 1.29 is 23.9 Å². The molecule has 2 saturated heterocycles. The van der Waals surface area contributed by atoms with Crippen LogP contribution in [0.3, 0.4) is 0 Å². The average Bonchev–Trinajstić information content (AvgIpc) is 3.04. The first-order valence-electron chi connectivity index (χ1n) is 15.6. The summed E-state index contributed by atoms with van der Waals surface area (Å²) in [4.78, 5) is 59.6. The van der Waals surface area contributed by atoms with Gasteiger partial charge in [-0.1, -0.05) is 52.2 Å². The highest BCUT2D eigenvalue weighted by molar-refractivity contribution is 6.17. The summed E-state index contributed by atoms with van der Waals surface area (Å²) in [7, 11) is 2.62. The molecule has 0 aromatic carbocycles. The fourth-order valence-electron chi connectivity index (χ4n) is 7.22. The molecule has 234 valence electrons. The number of unbranched alkanes of at least 4 members (excludes halogenated alkanes) is 3. The molecule has 0 amide bonds. The molecule has 0 saturated carbocycles. The van der Waals surface area contributed by atoms with E-state index in [1.165, 1.54) is 14.2 Å². The third kappa shape index (κ3) is 5.97. The number of carbonyl (C=O) groups is 3. The minimum atomic E-state index is -1.71. The van der Waals surface area contributed by atoms with E-state index in [4.69, 9.17) is 19.4 Å². The van der Waals surface area contributed by atoms with Crippen LogP contribution in [0.4, 0.5) is 0 Å². The second-order valence-corrected chi connectivity index (χ2v) is 11.6. The van der Waals surface area contributed by atoms with Crippen molar-refractivity contribution in [2.24, 2.45) is 10.8 Å². The van der Waals surface area contributed by atoms with E-state index in [1.54, 1.807) is 12.4 Å². The molecule has 0 radical (unpaired) electrons. The minimum Gasteiger partial charge on any atom is -0.468 e. The number of pyridine rings is 2. The molecule has 0 spiro atoms. The Morgan fingerprint density at radius 2 is 1.37 bits per heavy atom. The van der Waals surface area contributed by atoms with Crippen LogP contribution in [0.15, 0.2) is 48.8 Å². The number of esters is 2. The van der Waals surface area contributed by atoms with Gasteiger partial charge in [-0.25, -0.2) is 0 Å². The van der Waals surface area contributed by atoms with Gasteiger partial charge >= 0.3 is 11.9 Å². The van der Waals surface area contributed by atoms with Gasteiger partial charge in [0.1, 0.15) is 0 Å². The highest BCUT2D eigenvalue weighted by atomic mass is 16.5. The van der Waals surface area contributed by atoms with Crippen LogP contribution in [0.25, 0.3) is 0 Å². The van der Waals surface area contributed by atoms with Gasteiger partial charge < -0.3 is 14.4 Å². The van der Waals surface area contributed by atoms with Crippen LogP contribution < -0.4 is 0 Å². The lowest BCUT2D eigenvalue weighted by atomic mass is 9.54. The quantitative estimate of drug-likeness (QED) is 0.183. The number of carbonyl (C=O) groups excluding carboxylic acids is 3. The third-order valence-electron chi connectivity index (χ3n) is 9.29. The van der Waals surface area contributed by atoms with Gasteiger partial charge in [-0.2, -0.15) is 0 Å². The third-order valence-corrected chi connectivity index (χ3v) is 9.29. The van der Waals surface area contributed by atoms with Crippen LogP contribution in [0.5, 0.6) is 0 Å². The number of aromatic nitrogens is 2. The summed E-state index contributed by atoms with van der Waals surface area (Å²) in [6.07, 6.45) is 7.26. The first-order valence-corrected chi connectivity index (χ1v) is 15.6. The summed E-state index contributed by atoms with van der Waals surface area (Å²) in [6, 6.07) is 9.52. The lowest BCUT2D eigenvalue weighted by Gasteiger charge is -2.61. The van der Waals surface area contributed by atoms with E-state index in [0.717, 1.165) is 45.3 Å². The molecule has 10 nitrogen and oxygen atoms in total. The van der Waals surface area contributed by atoms with Gasteiger partial charge in [0.15, 0.2) is 16.6 Å². The van der Waals surface area contributed by atoms with E-state index >= 15 is 4.79 Å². The first kappa shape index (κ1) is 32.7. The number of ketones is 1. The molecule has 2 aliphatic heterocycles. The normalized spacial score (nSPS) is 26.0. The Hall–Kier alpha value is -3.21. The van der Waals surface area contributed by atoms with E-state index in [1.807, 2.05) is 36.4 Å². The van der Waals surface area contributed by atoms with Gasteiger partial charge in [0.25, 0.3) is 0 Å². The molecule has 0 N–H and O–H groups in total. The van der Waals surface area contributed by atoms with E-state index in [-0.39, 0.29) is 13.1 Å². The highest BCUT2D eigenvalue weighted by Crippen LogP contribution is 2.60. The van der Waals surface area contributed by atoms with Gasteiger partial charge in [-0.3, -0.25) is 34.2 Å². The maximum absolute atomic E-state index is 15.2. The fourth-order valence-corrected chi connectivity index (χ4v) is 7.22. The van der Waals surface area contributed by atoms with Crippen LogP contribution >= 0.6 is 0 Å². The summed E-state index contributed by atoms with van der Waals surface area (Å²) in [5.41, 5.74) is -2.26. The predicted octanol–water partition coefficient (Wildman–Crippen LogP) is 3.70. The highest BCUT2D eigenvalue weighted by Gasteiger charge is 2.75. The molecular weight excluding hydrogens is 546 g/mol. The Morgan fingerprint density at radius 3 is 1.79 bits per heavy atom. The minimum absolute atomic E-state index is 0.111. The number of likely N-dealkylation sites (N-methyl/N-ethyl adjacent to an activating group) is 1. The molecule has 10 heteroatoms. The predicted molar refractivity (Wildman–Crippen MR) is 163 cm³/mol. The number of fused-ring (bicyclic) bond motifs is 2. The zero-order chi connectivity index (χ0) is 31.0. The Kier molecular flexibility index (Phi) is 11.0. The van der Waals surface area contributed by atoms with Crippen molar-refractivity contribution in [2.45, 2.75) is 58.5 Å². The molecule has 0 unspecified atom stereocenters. The topological polar surface area (TPSA) is 105 Å². The number of methoxy groups -OCH3 is 2. The summed E-state index contributed by atoms with van der Waals surface area (Å²) in [5, 5.41) is 0. The number of rotatable bonds is 14. The van der Waals surface area contributed by atoms with Crippen LogP contribution in [0.2, 0.25) is 0 Å². The zero-order valence-electron chi connectivity index (χ0n) is 26.3. The summed E-state index contributed by atoms with van der Waals surface area (Å²) < 4.78 is 11.0. The first-order chi connectivity index (χ1) is 20.8. The molecule has 2 bridgehead atoms. The fraction of sp³-hybridized carbons (Fsp3) is 0.606. The molecule has 2 aromatic rings. The molecule has 0 aliphatic carbocycles. The van der Waals surface area contributed by atoms with Crippen LogP contribution in [-0.2, 0) is 23.9 Å². The van der Waals surface area contributed by atoms with Crippen LogP contribution in [0.1, 0.15) is 69.9 Å². The van der Waals surface area contributed by atoms with Crippen LogP contribution in [-0.4, -0.2) is 102 Å². The number of hydrogen-bond donors (Lipinski definition) is 0. The van der Waals surface area contributed by atoms with Crippen molar-refractivity contribution in [1.82, 2.24) is 24.7 Å². The largest absolute Gasteiger partial charge is 0.468 e. The number of ether oxygens (including phenoxy) is 2. The lowest BCUT2D eigenvalue weighted by Crippen LogP contribution is -2.76. The Labute approximate surface area is 255 Å². The second-order valence-electron chi connectivity index (χ2n) is 11.6. The Morgan fingerprint density at radius 1 is 0.837 bits per heavy atom. The van der Waals surface area contributed by atoms with Gasteiger partial charge in [-0.05, 0) is 50.3 Å². The summed E-state index contributed by atoms with van der Waals surface area (Å²) in [6.45, 7) is 10.1. The molecule has 4 rings (SSSR count). The van der Waals surface area contributed by atoms with Crippen molar-refractivity contribution in [1.29, 1.82) is 0 Å². The van der Waals surface area contributed by atoms with Crippen molar-refractivity contribution >= 4 is 17.7 Å². The molecule has 2 fully saturated rings. The van der Waals surface area contributed by atoms with Crippen molar-refractivity contribution in [3.63, 3.8) is 0 Å². The Balaban J connectivity index is 2.01. The molecule has 2 aromatic heterocycles. The summed E-state index contributed by atoms with van der Waals surface area (Å²) in [5.74, 6) is -1.80. The van der Waals surface area contributed by atoms with Crippen molar-refractivity contribution in [2.75, 3.05) is 60.0 Å². The second kappa shape index (κ2) is 14.5. The number of nitrogens with zero attached hydrogens (tertiary/aromatic N) is 5. The van der Waals surface area contributed by atoms with Crippen molar-refractivity contribution in [3.8, 4) is 0 Å². The molecular formula is C33H47N5O5. The smallest absolute Gasteiger partial charge is 0.322 e. The van der Waals surface area contributed by atoms with Gasteiger partial charge in [-0.15, -0.1) is 0 Å². The van der Waals surface area contributed by atoms with Crippen molar-refractivity contribution in [3.05, 3.63) is 60.2 Å². The maximum Gasteiger partial charge on any atom is 0.322 e. The van der Waals surface area contributed by atoms with Gasteiger partial charge in [0, 0.05) is 38.6 Å². The molecule has 2 aliphatic rings. The van der Waals surface area contributed by atoms with Gasteiger partial charge in [0.05, 0.1) is 37.7 Å². The molecule has 4 heterocycles. The molecule has 4 atom stereocenters. The monoisotopic (exact) mass is 593 g/mol. The van der Waals surface area contributed by atoms with E-state index in [0.29, 0.717) is 24.5 Å². The SMILES string of the molecule is CCCCCCN1[C@@H](c2ccccn2)[C@@]2(C(=O)OC)CN(CCN(CC)CC)C[C@](C(=O)OC)(C2=O)[C@H]1c1ccccn1. The standard InChI is InChI=1S/C33H47N5O5/c1-6-9-10-15-20-38-27(25-16-11-13-18-34-25)32(30(40)42-4)23-37(22-21-36(7-2)8-3)24-33(29(32)39,31(41)43-5)28(38)26-17-12-14-19-35-26/h11-14,16-19,27-28H,6-10,15,20-24H2,1-5H3/t27-,28+,32-,33+. The molecule has 43 heavy (non-hydrogen) atoms. The number of likely N-dealkylation sites (tertiary alicyclic amines) is 2. The average molecular weight is 594 g/mol. The summed E-state index contributed by atoms with van der Waals surface area (Å²) >= 11 is 0. The van der Waals surface area contributed by atoms with Crippen LogP contribution in [0, 0.1) is 10.8 Å². The van der Waals surface area contributed by atoms with E-state index < -0.39 is 40.6 Å².